The first kappa shape index (κ1) is 29.8. The van der Waals surface area contributed by atoms with E-state index in [-0.39, 0.29) is 12.5 Å². The maximum absolute atomic E-state index is 11.7. The molecule has 0 atom stereocenters. The molecule has 29 heavy (non-hydrogen) atoms. The molecule has 0 fully saturated rings. The van der Waals surface area contributed by atoms with Gasteiger partial charge >= 0.3 is 5.97 Å². The number of allylic oxidation sites excluding steroid dienone is 2. The maximum atomic E-state index is 11.7. The number of likely N-dealkylation sites (N-methyl/N-ethyl adjacent to an activating group) is 1. The minimum atomic E-state index is -0.958. The summed E-state index contributed by atoms with van der Waals surface area (Å²) in [6.07, 6.45) is 21.1. The molecule has 5 heteroatoms. The molecule has 0 saturated heterocycles. The van der Waals surface area contributed by atoms with Gasteiger partial charge in [0.2, 0.25) is 5.91 Å². The quantitative estimate of drug-likeness (QED) is 0.229. The van der Waals surface area contributed by atoms with Crippen LogP contribution in [0.4, 0.5) is 0 Å². The fraction of sp³-hybridized carbons (Fsp3) is 0.833. The van der Waals surface area contributed by atoms with Gasteiger partial charge < -0.3 is 15.7 Å². The number of unbranched alkanes of at least 4 members (excludes halogenated alkanes) is 11. The second kappa shape index (κ2) is 22.9. The number of nitrogens with zero attached hydrogens (tertiary/aromatic N) is 1. The van der Waals surface area contributed by atoms with E-state index in [1.165, 1.54) is 62.7 Å². The van der Waals surface area contributed by atoms with Gasteiger partial charge in [0.15, 0.2) is 0 Å². The van der Waals surface area contributed by atoms with E-state index in [1.807, 2.05) is 13.8 Å². The van der Waals surface area contributed by atoms with Crippen molar-refractivity contribution in [2.24, 2.45) is 5.73 Å². The van der Waals surface area contributed by atoms with E-state index in [0.29, 0.717) is 12.5 Å². The third kappa shape index (κ3) is 28.9. The lowest BCUT2D eigenvalue weighted by Crippen LogP contribution is -2.31. The van der Waals surface area contributed by atoms with E-state index < -0.39 is 5.97 Å². The van der Waals surface area contributed by atoms with Crippen LogP contribution in [0.15, 0.2) is 12.2 Å². The van der Waals surface area contributed by atoms with Gasteiger partial charge in [-0.25, -0.2) is 0 Å². The van der Waals surface area contributed by atoms with Crippen LogP contribution in [0.5, 0.6) is 0 Å². The highest BCUT2D eigenvalue weighted by Crippen LogP contribution is 2.10. The molecule has 0 aromatic heterocycles. The smallest absolute Gasteiger partial charge is 0.323 e. The monoisotopic (exact) mass is 412 g/mol. The Morgan fingerprint density at radius 2 is 1.28 bits per heavy atom. The van der Waals surface area contributed by atoms with Crippen LogP contribution in [0.2, 0.25) is 0 Å². The zero-order valence-corrected chi connectivity index (χ0v) is 19.6. The molecular formula is C24H48N2O3. The molecule has 3 N–H and O–H groups in total. The van der Waals surface area contributed by atoms with Gasteiger partial charge in [0.05, 0.1) is 0 Å². The molecule has 0 heterocycles. The minimum absolute atomic E-state index is 0.0694. The van der Waals surface area contributed by atoms with Crippen LogP contribution >= 0.6 is 0 Å². The number of hydrogen-bond acceptors (Lipinski definition) is 3. The minimum Gasteiger partial charge on any atom is -0.480 e. The summed E-state index contributed by atoms with van der Waals surface area (Å²) in [4.78, 5) is 23.5. The maximum Gasteiger partial charge on any atom is 0.323 e. The van der Waals surface area contributed by atoms with Crippen LogP contribution in [0.25, 0.3) is 0 Å². The molecule has 0 radical (unpaired) electrons. The zero-order chi connectivity index (χ0) is 22.3. The summed E-state index contributed by atoms with van der Waals surface area (Å²) in [5, 5.41) is 8.64. The molecule has 0 saturated carbocycles. The summed E-state index contributed by atoms with van der Waals surface area (Å²) in [6.45, 7) is 5.94. The number of carboxylic acid groups (broad SMARTS) is 1. The predicted molar refractivity (Wildman–Crippen MR) is 124 cm³/mol. The highest BCUT2D eigenvalue weighted by Gasteiger charge is 2.10. The van der Waals surface area contributed by atoms with Crippen LogP contribution in [0.3, 0.4) is 0 Å². The SMILES string of the molecule is CC(C)N.CCCCCCCC/C=C\CCCCCCCC(=O)N(C)CC(=O)O. The second-order valence-electron chi connectivity index (χ2n) is 8.22. The molecule has 0 aromatic carbocycles. The molecule has 0 aliphatic heterocycles. The molecule has 0 aliphatic rings. The Kier molecular flexibility index (Phi) is 23.6. The highest BCUT2D eigenvalue weighted by atomic mass is 16.4. The Bertz CT molecular complexity index is 406. The Balaban J connectivity index is 0. The van der Waals surface area contributed by atoms with Gasteiger partial charge in [0.25, 0.3) is 0 Å². The number of amides is 1. The number of carboxylic acids is 1. The summed E-state index contributed by atoms with van der Waals surface area (Å²) >= 11 is 0. The molecule has 0 aliphatic carbocycles. The second-order valence-corrected chi connectivity index (χ2v) is 8.22. The first-order chi connectivity index (χ1) is 13.8. The molecule has 1 amide bonds. The van der Waals surface area contributed by atoms with E-state index in [0.717, 1.165) is 25.7 Å². The average molecular weight is 413 g/mol. The summed E-state index contributed by atoms with van der Waals surface area (Å²) < 4.78 is 0. The number of aliphatic carboxylic acids is 1. The van der Waals surface area contributed by atoms with Crippen molar-refractivity contribution >= 4 is 11.9 Å². The molecule has 0 aromatic rings. The third-order valence-electron chi connectivity index (χ3n) is 4.45. The van der Waals surface area contributed by atoms with Gasteiger partial charge in [0, 0.05) is 13.5 Å². The van der Waals surface area contributed by atoms with E-state index in [4.69, 9.17) is 10.8 Å². The molecule has 0 bridgehead atoms. The topological polar surface area (TPSA) is 83.6 Å². The molecule has 5 nitrogen and oxygen atoms in total. The van der Waals surface area contributed by atoms with Gasteiger partial charge in [-0.05, 0) is 38.1 Å². The average Bonchev–Trinajstić information content (AvgIpc) is 2.63. The number of hydrogen-bond donors (Lipinski definition) is 2. The van der Waals surface area contributed by atoms with Gasteiger partial charge in [0.1, 0.15) is 6.54 Å². The van der Waals surface area contributed by atoms with Crippen molar-refractivity contribution < 1.29 is 14.7 Å². The number of nitrogens with two attached hydrogens (primary N) is 1. The molecular weight excluding hydrogens is 364 g/mol. The fourth-order valence-electron chi connectivity index (χ4n) is 2.83. The highest BCUT2D eigenvalue weighted by molar-refractivity contribution is 5.80. The molecule has 172 valence electrons. The Morgan fingerprint density at radius 3 is 1.72 bits per heavy atom. The first-order valence-corrected chi connectivity index (χ1v) is 11.7. The van der Waals surface area contributed by atoms with Crippen molar-refractivity contribution in [2.75, 3.05) is 13.6 Å². The van der Waals surface area contributed by atoms with Crippen molar-refractivity contribution in [1.29, 1.82) is 0 Å². The van der Waals surface area contributed by atoms with E-state index in [2.05, 4.69) is 19.1 Å². The Labute approximate surface area is 180 Å². The molecule has 0 spiro atoms. The van der Waals surface area contributed by atoms with Crippen LogP contribution in [0.1, 0.15) is 111 Å². The van der Waals surface area contributed by atoms with Crippen LogP contribution in [-0.4, -0.2) is 41.5 Å². The fourth-order valence-corrected chi connectivity index (χ4v) is 2.83. The zero-order valence-electron chi connectivity index (χ0n) is 19.6. The van der Waals surface area contributed by atoms with Gasteiger partial charge in [-0.15, -0.1) is 0 Å². The standard InChI is InChI=1S/C21H39NO3.C3H9N/c1-3-4-5-6-7-8-9-10-11-12-13-14-15-16-17-18-20(23)22(2)19-21(24)25;1-3(2)4/h10-11H,3-9,12-19H2,1-2H3,(H,24,25);3H,4H2,1-2H3/b11-10-;. The van der Waals surface area contributed by atoms with Gasteiger partial charge in [-0.1, -0.05) is 84.3 Å². The Hall–Kier alpha value is -1.36. The van der Waals surface area contributed by atoms with Crippen molar-refractivity contribution in [3.05, 3.63) is 12.2 Å². The van der Waals surface area contributed by atoms with Crippen LogP contribution in [-0.2, 0) is 9.59 Å². The lowest BCUT2D eigenvalue weighted by atomic mass is 10.1. The van der Waals surface area contributed by atoms with E-state index >= 15 is 0 Å². The van der Waals surface area contributed by atoms with Crippen molar-refractivity contribution in [3.8, 4) is 0 Å². The largest absolute Gasteiger partial charge is 0.480 e. The Morgan fingerprint density at radius 1 is 0.862 bits per heavy atom. The van der Waals surface area contributed by atoms with Crippen LogP contribution in [0, 0.1) is 0 Å². The van der Waals surface area contributed by atoms with E-state index in [9.17, 15) is 9.59 Å². The van der Waals surface area contributed by atoms with Gasteiger partial charge in [-0.3, -0.25) is 9.59 Å². The third-order valence-corrected chi connectivity index (χ3v) is 4.45. The number of carbonyl (C=O) groups excluding carboxylic acids is 1. The van der Waals surface area contributed by atoms with Crippen molar-refractivity contribution in [1.82, 2.24) is 4.90 Å². The van der Waals surface area contributed by atoms with Crippen LogP contribution < -0.4 is 5.73 Å². The lowest BCUT2D eigenvalue weighted by molar-refractivity contribution is -0.143. The molecule has 0 rings (SSSR count). The van der Waals surface area contributed by atoms with Crippen molar-refractivity contribution in [2.45, 2.75) is 117 Å². The number of carbonyl (C=O) groups is 2. The first-order valence-electron chi connectivity index (χ1n) is 11.7. The number of rotatable bonds is 17. The normalized spacial score (nSPS) is 10.8. The summed E-state index contributed by atoms with van der Waals surface area (Å²) in [5.74, 6) is -1.03. The van der Waals surface area contributed by atoms with Crippen molar-refractivity contribution in [3.63, 3.8) is 0 Å². The predicted octanol–water partition coefficient (Wildman–Crippen LogP) is 5.92. The lowest BCUT2D eigenvalue weighted by Gasteiger charge is -2.14. The van der Waals surface area contributed by atoms with E-state index in [1.54, 1.807) is 7.05 Å². The van der Waals surface area contributed by atoms with Gasteiger partial charge in [-0.2, -0.15) is 0 Å². The summed E-state index contributed by atoms with van der Waals surface area (Å²) in [5.41, 5.74) is 5.11. The summed E-state index contributed by atoms with van der Waals surface area (Å²) in [7, 11) is 1.55. The summed E-state index contributed by atoms with van der Waals surface area (Å²) in [6, 6.07) is 0.333. The molecule has 0 unspecified atom stereocenters.